The van der Waals surface area contributed by atoms with Crippen LogP contribution >= 0.6 is 0 Å². The Morgan fingerprint density at radius 3 is 2.41 bits per heavy atom. The minimum Gasteiger partial charge on any atom is -0.481 e. The van der Waals surface area contributed by atoms with Crippen LogP contribution in [0.2, 0.25) is 0 Å². The Hall–Kier alpha value is -3.67. The van der Waals surface area contributed by atoms with E-state index >= 15 is 0 Å². The predicted molar refractivity (Wildman–Crippen MR) is 123 cm³/mol. The Kier molecular flexibility index (Phi) is 6.50. The summed E-state index contributed by atoms with van der Waals surface area (Å²) < 4.78 is 5.85. The van der Waals surface area contributed by atoms with Crippen LogP contribution in [-0.4, -0.2) is 46.9 Å². The molecule has 1 N–H and O–H groups in total. The van der Waals surface area contributed by atoms with E-state index in [0.29, 0.717) is 25.3 Å². The van der Waals surface area contributed by atoms with Gasteiger partial charge < -0.3 is 15.0 Å². The fourth-order valence-corrected chi connectivity index (χ4v) is 3.89. The quantitative estimate of drug-likeness (QED) is 0.652. The Morgan fingerprint density at radius 2 is 1.72 bits per heavy atom. The van der Waals surface area contributed by atoms with Crippen molar-refractivity contribution in [3.05, 3.63) is 84.2 Å². The van der Waals surface area contributed by atoms with Crippen molar-refractivity contribution in [3.63, 3.8) is 0 Å². The zero-order chi connectivity index (χ0) is 22.5. The summed E-state index contributed by atoms with van der Waals surface area (Å²) in [6, 6.07) is 19.0. The number of carbonyl (C=O) groups is 2. The molecule has 1 aliphatic rings. The van der Waals surface area contributed by atoms with Gasteiger partial charge >= 0.3 is 0 Å². The van der Waals surface area contributed by atoms with E-state index in [1.54, 1.807) is 24.2 Å². The van der Waals surface area contributed by atoms with Gasteiger partial charge in [-0.15, -0.1) is 0 Å². The van der Waals surface area contributed by atoms with Crippen molar-refractivity contribution in [1.29, 1.82) is 0 Å². The number of piperazine rings is 1. The first-order valence-electron chi connectivity index (χ1n) is 10.8. The van der Waals surface area contributed by atoms with Gasteiger partial charge in [-0.1, -0.05) is 42.0 Å². The average molecular weight is 430 g/mol. The second-order valence-corrected chi connectivity index (χ2v) is 8.05. The first-order chi connectivity index (χ1) is 15.5. The Balaban J connectivity index is 1.46. The summed E-state index contributed by atoms with van der Waals surface area (Å²) >= 11 is 0. The molecule has 0 bridgehead atoms. The van der Waals surface area contributed by atoms with E-state index in [-0.39, 0.29) is 11.8 Å². The first-order valence-corrected chi connectivity index (χ1v) is 10.8. The number of benzene rings is 2. The van der Waals surface area contributed by atoms with Gasteiger partial charge in [0.2, 0.25) is 5.91 Å². The molecule has 1 saturated heterocycles. The molecule has 2 heterocycles. The molecule has 1 fully saturated rings. The second kappa shape index (κ2) is 9.64. The Labute approximate surface area is 188 Å². The number of pyridine rings is 1. The lowest BCUT2D eigenvalue weighted by molar-refractivity contribution is -0.147. The van der Waals surface area contributed by atoms with Crippen molar-refractivity contribution in [3.8, 4) is 16.9 Å². The van der Waals surface area contributed by atoms with E-state index in [1.165, 1.54) is 0 Å². The molecule has 0 spiro atoms. The van der Waals surface area contributed by atoms with Crippen molar-refractivity contribution < 1.29 is 14.3 Å². The number of nitrogens with zero attached hydrogens (tertiary/aromatic N) is 2. The normalized spacial score (nSPS) is 16.9. The lowest BCUT2D eigenvalue weighted by Gasteiger charge is -2.36. The Bertz CT molecular complexity index is 1070. The van der Waals surface area contributed by atoms with E-state index in [0.717, 1.165) is 22.3 Å². The standard InChI is InChI=1S/C26H27N3O3/c1-18-3-9-23(10-4-18)32-19(2)26(31)29-16-15-28-25(30)24(29)17-20-5-7-21(8-6-20)22-11-13-27-14-12-22/h3-14,19,24H,15-17H2,1-2H3,(H,28,30)/t19-,24+/m0/s1. The molecule has 32 heavy (non-hydrogen) atoms. The zero-order valence-electron chi connectivity index (χ0n) is 18.3. The number of amides is 2. The third kappa shape index (κ3) is 4.97. The molecule has 0 unspecified atom stereocenters. The van der Waals surface area contributed by atoms with Crippen LogP contribution in [0.4, 0.5) is 0 Å². The van der Waals surface area contributed by atoms with Gasteiger partial charge in [-0.05, 0) is 54.8 Å². The number of hydrogen-bond donors (Lipinski definition) is 1. The zero-order valence-corrected chi connectivity index (χ0v) is 18.3. The van der Waals surface area contributed by atoms with E-state index in [4.69, 9.17) is 4.74 Å². The fraction of sp³-hybridized carbons (Fsp3) is 0.269. The highest BCUT2D eigenvalue weighted by Crippen LogP contribution is 2.21. The maximum Gasteiger partial charge on any atom is 0.264 e. The minimum absolute atomic E-state index is 0.134. The van der Waals surface area contributed by atoms with Gasteiger partial charge in [-0.25, -0.2) is 0 Å². The molecule has 6 heteroatoms. The average Bonchev–Trinajstić information content (AvgIpc) is 2.82. The highest BCUT2D eigenvalue weighted by atomic mass is 16.5. The van der Waals surface area contributed by atoms with Crippen LogP contribution in [0.3, 0.4) is 0 Å². The van der Waals surface area contributed by atoms with Gasteiger partial charge in [0.1, 0.15) is 11.8 Å². The molecule has 0 saturated carbocycles. The highest BCUT2D eigenvalue weighted by Gasteiger charge is 2.35. The number of ether oxygens (including phenoxy) is 1. The summed E-state index contributed by atoms with van der Waals surface area (Å²) in [5.41, 5.74) is 4.28. The lowest BCUT2D eigenvalue weighted by Crippen LogP contribution is -2.60. The van der Waals surface area contributed by atoms with Crippen molar-refractivity contribution in [2.45, 2.75) is 32.4 Å². The molecule has 2 amide bonds. The van der Waals surface area contributed by atoms with Crippen molar-refractivity contribution in [1.82, 2.24) is 15.2 Å². The van der Waals surface area contributed by atoms with E-state index in [1.807, 2.05) is 67.6 Å². The van der Waals surface area contributed by atoms with Crippen molar-refractivity contribution in [2.75, 3.05) is 13.1 Å². The van der Waals surface area contributed by atoms with Gasteiger partial charge in [0.15, 0.2) is 6.10 Å². The molecular formula is C26H27N3O3. The molecule has 6 nitrogen and oxygen atoms in total. The molecule has 4 rings (SSSR count). The summed E-state index contributed by atoms with van der Waals surface area (Å²) in [7, 11) is 0. The van der Waals surface area contributed by atoms with Gasteiger partial charge in [0.25, 0.3) is 5.91 Å². The predicted octanol–water partition coefficient (Wildman–Crippen LogP) is 3.39. The smallest absolute Gasteiger partial charge is 0.264 e. The van der Waals surface area contributed by atoms with Crippen LogP contribution in [0, 0.1) is 6.92 Å². The second-order valence-electron chi connectivity index (χ2n) is 8.05. The van der Waals surface area contributed by atoms with Crippen LogP contribution in [-0.2, 0) is 16.0 Å². The summed E-state index contributed by atoms with van der Waals surface area (Å²) in [5.74, 6) is 0.324. The van der Waals surface area contributed by atoms with Crippen LogP contribution in [0.1, 0.15) is 18.1 Å². The van der Waals surface area contributed by atoms with E-state index in [9.17, 15) is 9.59 Å². The summed E-state index contributed by atoms with van der Waals surface area (Å²) in [6.07, 6.45) is 3.30. The third-order valence-corrected chi connectivity index (χ3v) is 5.69. The lowest BCUT2D eigenvalue weighted by atomic mass is 9.99. The molecule has 2 aromatic carbocycles. The van der Waals surface area contributed by atoms with Crippen LogP contribution in [0.15, 0.2) is 73.1 Å². The van der Waals surface area contributed by atoms with Gasteiger partial charge in [-0.3, -0.25) is 14.6 Å². The van der Waals surface area contributed by atoms with Crippen molar-refractivity contribution in [2.24, 2.45) is 0 Å². The molecule has 0 aliphatic carbocycles. The van der Waals surface area contributed by atoms with Gasteiger partial charge in [0, 0.05) is 31.9 Å². The van der Waals surface area contributed by atoms with Crippen molar-refractivity contribution >= 4 is 11.8 Å². The van der Waals surface area contributed by atoms with E-state index < -0.39 is 12.1 Å². The first kappa shape index (κ1) is 21.6. The van der Waals surface area contributed by atoms with Crippen LogP contribution < -0.4 is 10.1 Å². The molecule has 1 aromatic heterocycles. The number of aryl methyl sites for hydroxylation is 1. The topological polar surface area (TPSA) is 71.5 Å². The third-order valence-electron chi connectivity index (χ3n) is 5.69. The molecular weight excluding hydrogens is 402 g/mol. The molecule has 1 aliphatic heterocycles. The minimum atomic E-state index is -0.680. The largest absolute Gasteiger partial charge is 0.481 e. The van der Waals surface area contributed by atoms with E-state index in [2.05, 4.69) is 10.3 Å². The number of hydrogen-bond acceptors (Lipinski definition) is 4. The number of rotatable bonds is 6. The van der Waals surface area contributed by atoms with Crippen LogP contribution in [0.25, 0.3) is 11.1 Å². The molecule has 2 atom stereocenters. The van der Waals surface area contributed by atoms with Gasteiger partial charge in [0.05, 0.1) is 0 Å². The summed E-state index contributed by atoms with van der Waals surface area (Å²) in [5, 5.41) is 2.89. The molecule has 164 valence electrons. The Morgan fingerprint density at radius 1 is 1.06 bits per heavy atom. The maximum atomic E-state index is 13.2. The molecule has 0 radical (unpaired) electrons. The summed E-state index contributed by atoms with van der Waals surface area (Å²) in [4.78, 5) is 31.5. The number of aromatic nitrogens is 1. The number of carbonyl (C=O) groups excluding carboxylic acids is 2. The van der Waals surface area contributed by atoms with Crippen LogP contribution in [0.5, 0.6) is 5.75 Å². The molecule has 3 aromatic rings. The summed E-state index contributed by atoms with van der Waals surface area (Å²) in [6.45, 7) is 4.64. The highest BCUT2D eigenvalue weighted by molar-refractivity contribution is 5.90. The fourth-order valence-electron chi connectivity index (χ4n) is 3.89. The number of nitrogens with one attached hydrogen (secondary N) is 1. The van der Waals surface area contributed by atoms with Gasteiger partial charge in [-0.2, -0.15) is 0 Å². The monoisotopic (exact) mass is 429 g/mol. The maximum absolute atomic E-state index is 13.2. The SMILES string of the molecule is Cc1ccc(O[C@@H](C)C(=O)N2CCNC(=O)[C@H]2Cc2ccc(-c3ccncc3)cc2)cc1.